The van der Waals surface area contributed by atoms with Crippen molar-refractivity contribution in [2.24, 2.45) is 0 Å². The summed E-state index contributed by atoms with van der Waals surface area (Å²) in [6.45, 7) is 3.57. The molecule has 0 amide bonds. The minimum absolute atomic E-state index is 0.226. The highest BCUT2D eigenvalue weighted by Gasteiger charge is 2.21. The maximum atomic E-state index is 5.92. The summed E-state index contributed by atoms with van der Waals surface area (Å²) in [7, 11) is 1.70. The molecule has 22 heavy (non-hydrogen) atoms. The minimum atomic E-state index is 0.226. The van der Waals surface area contributed by atoms with E-state index in [1.165, 1.54) is 5.56 Å². The van der Waals surface area contributed by atoms with E-state index in [9.17, 15) is 0 Å². The molecule has 1 saturated heterocycles. The van der Waals surface area contributed by atoms with Gasteiger partial charge in [0.2, 0.25) is 0 Å². The van der Waals surface area contributed by atoms with Crippen LogP contribution in [0.5, 0.6) is 5.75 Å². The van der Waals surface area contributed by atoms with Crippen LogP contribution in [0.3, 0.4) is 0 Å². The molecule has 2 aromatic rings. The van der Waals surface area contributed by atoms with E-state index in [4.69, 9.17) is 9.47 Å². The van der Waals surface area contributed by atoms with Crippen molar-refractivity contribution in [2.45, 2.75) is 19.1 Å². The molecule has 0 radical (unpaired) electrons. The Bertz CT molecular complexity index is 589. The third-order valence-electron chi connectivity index (χ3n) is 3.93. The first-order chi connectivity index (χ1) is 10.8. The Kier molecular flexibility index (Phi) is 5.03. The van der Waals surface area contributed by atoms with E-state index >= 15 is 0 Å². The summed E-state index contributed by atoms with van der Waals surface area (Å²) in [5.74, 6) is 0.902. The van der Waals surface area contributed by atoms with Gasteiger partial charge >= 0.3 is 0 Å². The third kappa shape index (κ3) is 4.06. The fourth-order valence-corrected chi connectivity index (χ4v) is 2.83. The van der Waals surface area contributed by atoms with Crippen molar-refractivity contribution in [1.29, 1.82) is 0 Å². The fourth-order valence-electron chi connectivity index (χ4n) is 2.83. The van der Waals surface area contributed by atoms with Crippen molar-refractivity contribution in [3.63, 3.8) is 0 Å². The number of nitrogens with zero attached hydrogens (tertiary/aromatic N) is 2. The first-order valence-corrected chi connectivity index (χ1v) is 7.70. The molecule has 1 aromatic carbocycles. The molecule has 1 aliphatic heterocycles. The number of aromatic nitrogens is 1. The van der Waals surface area contributed by atoms with Crippen molar-refractivity contribution in [2.75, 3.05) is 26.8 Å². The van der Waals surface area contributed by atoms with Gasteiger partial charge in [-0.05, 0) is 29.8 Å². The van der Waals surface area contributed by atoms with Crippen molar-refractivity contribution in [1.82, 2.24) is 9.88 Å². The molecule has 0 saturated carbocycles. The van der Waals surface area contributed by atoms with Gasteiger partial charge in [0.25, 0.3) is 0 Å². The molecule has 4 nitrogen and oxygen atoms in total. The maximum Gasteiger partial charge on any atom is 0.119 e. The number of hydrogen-bond donors (Lipinski definition) is 0. The van der Waals surface area contributed by atoms with Crippen LogP contribution in [0.15, 0.2) is 48.7 Å². The van der Waals surface area contributed by atoms with E-state index in [-0.39, 0.29) is 6.10 Å². The summed E-state index contributed by atoms with van der Waals surface area (Å²) in [5, 5.41) is 0. The Morgan fingerprint density at radius 2 is 2.23 bits per heavy atom. The summed E-state index contributed by atoms with van der Waals surface area (Å²) in [5.41, 5.74) is 2.37. The zero-order chi connectivity index (χ0) is 15.2. The maximum absolute atomic E-state index is 5.92. The van der Waals surface area contributed by atoms with Gasteiger partial charge in [-0.1, -0.05) is 18.2 Å². The molecule has 0 aliphatic carbocycles. The number of benzene rings is 1. The lowest BCUT2D eigenvalue weighted by Crippen LogP contribution is -2.42. The van der Waals surface area contributed by atoms with Crippen LogP contribution in [-0.2, 0) is 17.7 Å². The number of ether oxygens (including phenoxy) is 2. The Morgan fingerprint density at radius 3 is 3.05 bits per heavy atom. The second-order valence-electron chi connectivity index (χ2n) is 5.60. The number of hydrogen-bond acceptors (Lipinski definition) is 4. The number of rotatable bonds is 5. The smallest absolute Gasteiger partial charge is 0.119 e. The van der Waals surface area contributed by atoms with Gasteiger partial charge in [-0.3, -0.25) is 9.88 Å². The van der Waals surface area contributed by atoms with Crippen molar-refractivity contribution < 1.29 is 9.47 Å². The molecule has 4 heteroatoms. The van der Waals surface area contributed by atoms with Crippen LogP contribution in [0.1, 0.15) is 11.3 Å². The quantitative estimate of drug-likeness (QED) is 0.849. The second-order valence-corrected chi connectivity index (χ2v) is 5.60. The van der Waals surface area contributed by atoms with Gasteiger partial charge in [-0.25, -0.2) is 0 Å². The largest absolute Gasteiger partial charge is 0.497 e. The molecule has 1 atom stereocenters. The highest BCUT2D eigenvalue weighted by atomic mass is 16.5. The van der Waals surface area contributed by atoms with Crippen LogP contribution >= 0.6 is 0 Å². The van der Waals surface area contributed by atoms with Gasteiger partial charge < -0.3 is 9.47 Å². The van der Waals surface area contributed by atoms with Crippen LogP contribution in [0.2, 0.25) is 0 Å². The number of methoxy groups -OCH3 is 1. The summed E-state index contributed by atoms with van der Waals surface area (Å²) in [6, 6.07) is 14.3. The Balaban J connectivity index is 1.58. The molecule has 1 fully saturated rings. The molecule has 0 spiro atoms. The van der Waals surface area contributed by atoms with Gasteiger partial charge in [0, 0.05) is 32.3 Å². The van der Waals surface area contributed by atoms with Gasteiger partial charge in [0.1, 0.15) is 5.75 Å². The molecular weight excluding hydrogens is 276 g/mol. The molecule has 2 heterocycles. The van der Waals surface area contributed by atoms with Crippen LogP contribution < -0.4 is 4.74 Å². The molecule has 1 unspecified atom stereocenters. The van der Waals surface area contributed by atoms with E-state index in [2.05, 4.69) is 28.1 Å². The standard InChI is InChI=1S/C18H22N2O2/c1-21-17-7-4-5-15(11-17)12-18-14-20(9-10-22-18)13-16-6-2-3-8-19-16/h2-8,11,18H,9-10,12-14H2,1H3. The predicted octanol–water partition coefficient (Wildman–Crippen LogP) is 2.53. The summed E-state index contributed by atoms with van der Waals surface area (Å²) < 4.78 is 11.2. The molecule has 3 rings (SSSR count). The van der Waals surface area contributed by atoms with Gasteiger partial charge in [0.15, 0.2) is 0 Å². The normalized spacial score (nSPS) is 19.0. The van der Waals surface area contributed by atoms with Crippen LogP contribution in [0.25, 0.3) is 0 Å². The third-order valence-corrected chi connectivity index (χ3v) is 3.93. The number of morpholine rings is 1. The van der Waals surface area contributed by atoms with Crippen molar-refractivity contribution >= 4 is 0 Å². The molecule has 116 valence electrons. The fraction of sp³-hybridized carbons (Fsp3) is 0.389. The summed E-state index contributed by atoms with van der Waals surface area (Å²) in [4.78, 5) is 6.82. The zero-order valence-electron chi connectivity index (χ0n) is 12.9. The molecular formula is C18H22N2O2. The van der Waals surface area contributed by atoms with Crippen molar-refractivity contribution in [3.05, 3.63) is 59.9 Å². The summed E-state index contributed by atoms with van der Waals surface area (Å²) in [6.07, 6.45) is 2.99. The Labute approximate surface area is 131 Å². The molecule has 1 aromatic heterocycles. The summed E-state index contributed by atoms with van der Waals surface area (Å²) >= 11 is 0. The topological polar surface area (TPSA) is 34.6 Å². The number of pyridine rings is 1. The molecule has 1 aliphatic rings. The van der Waals surface area contributed by atoms with Crippen LogP contribution in [0.4, 0.5) is 0 Å². The van der Waals surface area contributed by atoms with Gasteiger partial charge in [-0.15, -0.1) is 0 Å². The predicted molar refractivity (Wildman–Crippen MR) is 86.0 cm³/mol. The Hall–Kier alpha value is -1.91. The first kappa shape index (κ1) is 15.0. The molecule has 0 bridgehead atoms. The highest BCUT2D eigenvalue weighted by molar-refractivity contribution is 5.28. The van der Waals surface area contributed by atoms with E-state index in [0.29, 0.717) is 0 Å². The first-order valence-electron chi connectivity index (χ1n) is 7.70. The average molecular weight is 298 g/mol. The highest BCUT2D eigenvalue weighted by Crippen LogP contribution is 2.17. The zero-order valence-corrected chi connectivity index (χ0v) is 12.9. The van der Waals surface area contributed by atoms with E-state index in [0.717, 1.165) is 44.1 Å². The SMILES string of the molecule is COc1cccc(CC2CN(Cc3ccccn3)CCO2)c1. The lowest BCUT2D eigenvalue weighted by Gasteiger charge is -2.32. The Morgan fingerprint density at radius 1 is 1.27 bits per heavy atom. The van der Waals surface area contributed by atoms with Gasteiger partial charge in [0.05, 0.1) is 25.5 Å². The van der Waals surface area contributed by atoms with Crippen molar-refractivity contribution in [3.8, 4) is 5.75 Å². The van der Waals surface area contributed by atoms with E-state index in [1.54, 1.807) is 7.11 Å². The lowest BCUT2D eigenvalue weighted by atomic mass is 10.1. The van der Waals surface area contributed by atoms with E-state index in [1.807, 2.05) is 30.5 Å². The minimum Gasteiger partial charge on any atom is -0.497 e. The lowest BCUT2D eigenvalue weighted by molar-refractivity contribution is -0.0308. The second kappa shape index (κ2) is 7.38. The average Bonchev–Trinajstić information content (AvgIpc) is 2.56. The van der Waals surface area contributed by atoms with Gasteiger partial charge in [-0.2, -0.15) is 0 Å². The van der Waals surface area contributed by atoms with E-state index < -0.39 is 0 Å². The van der Waals surface area contributed by atoms with Crippen LogP contribution in [0, 0.1) is 0 Å². The van der Waals surface area contributed by atoms with Crippen LogP contribution in [-0.4, -0.2) is 42.8 Å². The monoisotopic (exact) mass is 298 g/mol. The molecule has 0 N–H and O–H groups in total.